The predicted molar refractivity (Wildman–Crippen MR) is 71.4 cm³/mol. The van der Waals surface area contributed by atoms with E-state index >= 15 is 0 Å². The smallest absolute Gasteiger partial charge is 0.323 e. The summed E-state index contributed by atoms with van der Waals surface area (Å²) < 4.78 is 5.11. The van der Waals surface area contributed by atoms with Gasteiger partial charge in [-0.05, 0) is 45.1 Å². The molecule has 3 atom stereocenters. The van der Waals surface area contributed by atoms with Crippen molar-refractivity contribution < 1.29 is 9.53 Å². The van der Waals surface area contributed by atoms with E-state index < -0.39 is 0 Å². The van der Waals surface area contributed by atoms with Crippen molar-refractivity contribution in [3.8, 4) is 0 Å². The number of likely N-dealkylation sites (tertiary alicyclic amines) is 1. The molecule has 18 heavy (non-hydrogen) atoms. The van der Waals surface area contributed by atoms with Crippen molar-refractivity contribution in [2.75, 3.05) is 26.2 Å². The van der Waals surface area contributed by atoms with Crippen LogP contribution in [0.15, 0.2) is 0 Å². The van der Waals surface area contributed by atoms with Crippen LogP contribution >= 0.6 is 0 Å². The van der Waals surface area contributed by atoms with Gasteiger partial charge in [0.25, 0.3) is 0 Å². The maximum absolute atomic E-state index is 11.8. The van der Waals surface area contributed by atoms with Gasteiger partial charge in [-0.1, -0.05) is 6.92 Å². The summed E-state index contributed by atoms with van der Waals surface area (Å²) in [6.07, 6.45) is 5.02. The monoisotopic (exact) mass is 254 g/mol. The molecule has 2 rings (SSSR count). The minimum absolute atomic E-state index is 0.0938. The fourth-order valence-electron chi connectivity index (χ4n) is 3.39. The molecule has 2 fully saturated rings. The Morgan fingerprint density at radius 1 is 1.44 bits per heavy atom. The first-order valence-corrected chi connectivity index (χ1v) is 7.38. The summed E-state index contributed by atoms with van der Waals surface area (Å²) in [5, 5.41) is 3.23. The number of esters is 1. The SMILES string of the molecule is CCNC(CCN1CC2CCC1C2)C(=O)OCC. The lowest BCUT2D eigenvalue weighted by Gasteiger charge is -2.28. The molecule has 4 nitrogen and oxygen atoms in total. The maximum Gasteiger partial charge on any atom is 0.323 e. The second-order valence-electron chi connectivity index (χ2n) is 5.48. The fraction of sp³-hybridized carbons (Fsp3) is 0.929. The largest absolute Gasteiger partial charge is 0.465 e. The number of carbonyl (C=O) groups excluding carboxylic acids is 1. The molecule has 3 unspecified atom stereocenters. The third kappa shape index (κ3) is 3.23. The summed E-state index contributed by atoms with van der Waals surface area (Å²) in [7, 11) is 0. The highest BCUT2D eigenvalue weighted by atomic mass is 16.5. The van der Waals surface area contributed by atoms with Crippen LogP contribution < -0.4 is 5.32 Å². The lowest BCUT2D eigenvalue weighted by atomic mass is 10.1. The van der Waals surface area contributed by atoms with E-state index in [2.05, 4.69) is 10.2 Å². The minimum atomic E-state index is -0.130. The summed E-state index contributed by atoms with van der Waals surface area (Å²) in [6, 6.07) is 0.661. The van der Waals surface area contributed by atoms with Crippen molar-refractivity contribution in [1.82, 2.24) is 10.2 Å². The van der Waals surface area contributed by atoms with Crippen LogP contribution in [0.5, 0.6) is 0 Å². The highest BCUT2D eigenvalue weighted by Crippen LogP contribution is 2.37. The Hall–Kier alpha value is -0.610. The van der Waals surface area contributed by atoms with E-state index in [-0.39, 0.29) is 12.0 Å². The highest BCUT2D eigenvalue weighted by Gasteiger charge is 2.37. The molecule has 1 saturated carbocycles. The van der Waals surface area contributed by atoms with Crippen LogP contribution in [-0.2, 0) is 9.53 Å². The van der Waals surface area contributed by atoms with Gasteiger partial charge in [0.1, 0.15) is 6.04 Å². The number of hydrogen-bond donors (Lipinski definition) is 1. The second kappa shape index (κ2) is 6.53. The van der Waals surface area contributed by atoms with Crippen LogP contribution in [0.25, 0.3) is 0 Å². The molecule has 2 bridgehead atoms. The predicted octanol–water partition coefficient (Wildman–Crippen LogP) is 1.40. The van der Waals surface area contributed by atoms with Gasteiger partial charge in [-0.25, -0.2) is 0 Å². The Morgan fingerprint density at radius 3 is 2.83 bits per heavy atom. The van der Waals surface area contributed by atoms with Gasteiger partial charge >= 0.3 is 5.97 Å². The second-order valence-corrected chi connectivity index (χ2v) is 5.48. The Balaban J connectivity index is 1.76. The molecular weight excluding hydrogens is 228 g/mol. The van der Waals surface area contributed by atoms with Gasteiger partial charge in [-0.2, -0.15) is 0 Å². The Labute approximate surface area is 110 Å². The van der Waals surface area contributed by atoms with E-state index in [9.17, 15) is 4.79 Å². The zero-order chi connectivity index (χ0) is 13.0. The third-order valence-corrected chi connectivity index (χ3v) is 4.25. The molecule has 4 heteroatoms. The van der Waals surface area contributed by atoms with E-state index in [0.717, 1.165) is 31.5 Å². The van der Waals surface area contributed by atoms with E-state index in [1.54, 1.807) is 0 Å². The number of piperidine rings is 1. The molecule has 0 aromatic heterocycles. The molecule has 1 N–H and O–H groups in total. The Morgan fingerprint density at radius 2 is 2.28 bits per heavy atom. The Bertz CT molecular complexity index is 283. The molecule has 104 valence electrons. The van der Waals surface area contributed by atoms with Gasteiger partial charge in [0.05, 0.1) is 6.61 Å². The average Bonchev–Trinajstić information content (AvgIpc) is 2.96. The average molecular weight is 254 g/mol. The lowest BCUT2D eigenvalue weighted by Crippen LogP contribution is -2.42. The van der Waals surface area contributed by atoms with Crippen molar-refractivity contribution in [3.05, 3.63) is 0 Å². The van der Waals surface area contributed by atoms with Crippen LogP contribution in [-0.4, -0.2) is 49.2 Å². The van der Waals surface area contributed by atoms with Crippen molar-refractivity contribution >= 4 is 5.97 Å². The standard InChI is InChI=1S/C14H26N2O2/c1-3-15-13(14(17)18-4-2)7-8-16-10-11-5-6-12(16)9-11/h11-13,15H,3-10H2,1-2H3. The first kappa shape index (κ1) is 13.8. The van der Waals surface area contributed by atoms with Crippen molar-refractivity contribution in [2.45, 2.75) is 51.6 Å². The normalized spacial score (nSPS) is 28.6. The van der Waals surface area contributed by atoms with Crippen molar-refractivity contribution in [1.29, 1.82) is 0 Å². The first-order chi connectivity index (χ1) is 8.74. The van der Waals surface area contributed by atoms with E-state index in [1.807, 2.05) is 13.8 Å². The maximum atomic E-state index is 11.8. The molecule has 1 heterocycles. The lowest BCUT2D eigenvalue weighted by molar-refractivity contribution is -0.145. The van der Waals surface area contributed by atoms with E-state index in [1.165, 1.54) is 25.8 Å². The molecule has 0 aromatic carbocycles. The summed E-state index contributed by atoms with van der Waals surface area (Å²) in [5.74, 6) is 0.832. The molecule has 1 saturated heterocycles. The minimum Gasteiger partial charge on any atom is -0.465 e. The summed E-state index contributed by atoms with van der Waals surface area (Å²) >= 11 is 0. The molecular formula is C14H26N2O2. The van der Waals surface area contributed by atoms with Gasteiger partial charge in [-0.15, -0.1) is 0 Å². The number of rotatable bonds is 7. The summed E-state index contributed by atoms with van der Waals surface area (Å²) in [6.45, 7) is 7.44. The molecule has 0 spiro atoms. The topological polar surface area (TPSA) is 41.6 Å². The molecule has 0 radical (unpaired) electrons. The number of carbonyl (C=O) groups is 1. The van der Waals surface area contributed by atoms with Crippen LogP contribution in [0.4, 0.5) is 0 Å². The highest BCUT2D eigenvalue weighted by molar-refractivity contribution is 5.75. The third-order valence-electron chi connectivity index (χ3n) is 4.25. The molecule has 1 aliphatic heterocycles. The molecule has 0 aromatic rings. The molecule has 2 aliphatic rings. The number of nitrogens with one attached hydrogen (secondary N) is 1. The van der Waals surface area contributed by atoms with Gasteiger partial charge in [-0.3, -0.25) is 4.79 Å². The number of ether oxygens (including phenoxy) is 1. The first-order valence-electron chi connectivity index (χ1n) is 7.38. The number of hydrogen-bond acceptors (Lipinski definition) is 4. The van der Waals surface area contributed by atoms with Crippen molar-refractivity contribution in [3.63, 3.8) is 0 Å². The zero-order valence-corrected chi connectivity index (χ0v) is 11.7. The van der Waals surface area contributed by atoms with Crippen LogP contribution in [0.2, 0.25) is 0 Å². The Kier molecular flexibility index (Phi) is 5.01. The molecule has 1 aliphatic carbocycles. The van der Waals surface area contributed by atoms with Gasteiger partial charge in [0.15, 0.2) is 0 Å². The zero-order valence-electron chi connectivity index (χ0n) is 11.7. The fourth-order valence-corrected chi connectivity index (χ4v) is 3.39. The number of nitrogens with zero attached hydrogens (tertiary/aromatic N) is 1. The van der Waals surface area contributed by atoms with Gasteiger partial charge in [0, 0.05) is 19.1 Å². The molecule has 0 amide bonds. The summed E-state index contributed by atoms with van der Waals surface area (Å²) in [5.41, 5.74) is 0. The number of likely N-dealkylation sites (N-methyl/N-ethyl adjacent to an activating group) is 1. The van der Waals surface area contributed by atoms with Gasteiger partial charge in [0.2, 0.25) is 0 Å². The van der Waals surface area contributed by atoms with Crippen molar-refractivity contribution in [2.24, 2.45) is 5.92 Å². The summed E-state index contributed by atoms with van der Waals surface area (Å²) in [4.78, 5) is 14.4. The number of fused-ring (bicyclic) bond motifs is 2. The van der Waals surface area contributed by atoms with Crippen LogP contribution in [0.3, 0.4) is 0 Å². The quantitative estimate of drug-likeness (QED) is 0.697. The van der Waals surface area contributed by atoms with Crippen LogP contribution in [0.1, 0.15) is 39.5 Å². The van der Waals surface area contributed by atoms with E-state index in [0.29, 0.717) is 6.61 Å². The van der Waals surface area contributed by atoms with Crippen LogP contribution in [0, 0.1) is 5.92 Å². The van der Waals surface area contributed by atoms with E-state index in [4.69, 9.17) is 4.74 Å². The van der Waals surface area contributed by atoms with Gasteiger partial charge < -0.3 is 15.0 Å².